The Bertz CT molecular complexity index is 883. The highest BCUT2D eigenvalue weighted by Gasteiger charge is 2.30. The van der Waals surface area contributed by atoms with E-state index in [9.17, 15) is 22.8 Å². The van der Waals surface area contributed by atoms with Gasteiger partial charge in [-0.25, -0.2) is 4.68 Å². The van der Waals surface area contributed by atoms with E-state index in [4.69, 9.17) is 0 Å². The highest BCUT2D eigenvalue weighted by molar-refractivity contribution is 6.02. The van der Waals surface area contributed by atoms with Crippen molar-refractivity contribution in [3.05, 3.63) is 69.8 Å². The molecule has 0 atom stereocenters. The summed E-state index contributed by atoms with van der Waals surface area (Å²) in [6.07, 6.45) is -0.568. The van der Waals surface area contributed by atoms with Gasteiger partial charge in [-0.1, -0.05) is 6.07 Å². The molecule has 0 saturated heterocycles. The van der Waals surface area contributed by atoms with Crippen molar-refractivity contribution in [2.24, 2.45) is 0 Å². The summed E-state index contributed by atoms with van der Waals surface area (Å²) in [7, 11) is 3.41. The molecule has 8 heteroatoms. The molecule has 0 aliphatic heterocycles. The number of allylic oxidation sites excluding steroid dienone is 1. The topological polar surface area (TPSA) is 55.2 Å². The Morgan fingerprint density at radius 2 is 1.96 bits per heavy atom. The second-order valence-corrected chi connectivity index (χ2v) is 5.63. The lowest BCUT2D eigenvalue weighted by molar-refractivity contribution is -0.137. The molecule has 25 heavy (non-hydrogen) atoms. The Balaban J connectivity index is 2.54. The molecule has 132 valence electrons. The van der Waals surface area contributed by atoms with Gasteiger partial charge in [0.15, 0.2) is 5.69 Å². The molecular formula is C17H16F3N3O2. The van der Waals surface area contributed by atoms with E-state index in [1.54, 1.807) is 19.0 Å². The molecule has 0 aliphatic carbocycles. The average Bonchev–Trinajstić information content (AvgIpc) is 2.54. The number of carbonyl (C=O) groups is 1. The lowest BCUT2D eigenvalue weighted by atomic mass is 10.2. The monoisotopic (exact) mass is 351 g/mol. The number of aromatic nitrogens is 2. The molecule has 5 nitrogen and oxygen atoms in total. The number of rotatable bonds is 4. The van der Waals surface area contributed by atoms with Crippen molar-refractivity contribution in [3.8, 4) is 5.69 Å². The maximum absolute atomic E-state index is 12.9. The van der Waals surface area contributed by atoms with E-state index in [1.165, 1.54) is 37.5 Å². The van der Waals surface area contributed by atoms with Gasteiger partial charge in [-0.15, -0.1) is 0 Å². The maximum atomic E-state index is 12.9. The van der Waals surface area contributed by atoms with Gasteiger partial charge in [0, 0.05) is 38.1 Å². The molecular weight excluding hydrogens is 335 g/mol. The van der Waals surface area contributed by atoms with E-state index >= 15 is 0 Å². The van der Waals surface area contributed by atoms with Crippen LogP contribution in [0.2, 0.25) is 0 Å². The largest absolute Gasteiger partial charge is 0.416 e. The van der Waals surface area contributed by atoms with Crippen LogP contribution in [0.5, 0.6) is 0 Å². The van der Waals surface area contributed by atoms with Crippen LogP contribution in [0.15, 0.2) is 47.5 Å². The number of halogens is 3. The summed E-state index contributed by atoms with van der Waals surface area (Å²) in [5.74, 6) is -0.622. The Hall–Kier alpha value is -2.90. The second kappa shape index (κ2) is 6.92. The zero-order chi connectivity index (χ0) is 18.8. The molecule has 2 rings (SSSR count). The van der Waals surface area contributed by atoms with Gasteiger partial charge in [-0.05, 0) is 25.1 Å². The van der Waals surface area contributed by atoms with E-state index < -0.39 is 23.0 Å². The van der Waals surface area contributed by atoms with Crippen LogP contribution in [0.25, 0.3) is 5.69 Å². The van der Waals surface area contributed by atoms with Crippen LogP contribution < -0.4 is 5.43 Å². The fourth-order valence-electron chi connectivity index (χ4n) is 2.02. The number of benzene rings is 1. The first-order chi connectivity index (χ1) is 11.6. The van der Waals surface area contributed by atoms with E-state index in [0.717, 1.165) is 16.8 Å². The SMILES string of the molecule is Cc1cn(-c2cccc(C(F)(F)F)c2)nc(C(=O)/C=C/N(C)C)c1=O. The third-order valence-corrected chi connectivity index (χ3v) is 3.29. The fourth-order valence-corrected chi connectivity index (χ4v) is 2.02. The normalized spacial score (nSPS) is 11.8. The molecule has 0 N–H and O–H groups in total. The average molecular weight is 351 g/mol. The molecule has 0 saturated carbocycles. The second-order valence-electron chi connectivity index (χ2n) is 5.63. The van der Waals surface area contributed by atoms with Crippen LogP contribution in [0.1, 0.15) is 21.6 Å². The first kappa shape index (κ1) is 18.4. The van der Waals surface area contributed by atoms with Gasteiger partial charge in [-0.3, -0.25) is 9.59 Å². The molecule has 0 radical (unpaired) electrons. The summed E-state index contributed by atoms with van der Waals surface area (Å²) in [6.45, 7) is 1.47. The minimum absolute atomic E-state index is 0.101. The number of aryl methyl sites for hydroxylation is 1. The predicted octanol–water partition coefficient (Wildman–Crippen LogP) is 2.82. The molecule has 0 fully saturated rings. The van der Waals surface area contributed by atoms with Crippen molar-refractivity contribution >= 4 is 5.78 Å². The Morgan fingerprint density at radius 3 is 2.56 bits per heavy atom. The maximum Gasteiger partial charge on any atom is 0.416 e. The highest BCUT2D eigenvalue weighted by Crippen LogP contribution is 2.30. The Morgan fingerprint density at radius 1 is 1.28 bits per heavy atom. The van der Waals surface area contributed by atoms with Gasteiger partial charge in [0.1, 0.15) is 0 Å². The number of ketones is 1. The van der Waals surface area contributed by atoms with Gasteiger partial charge in [0.25, 0.3) is 0 Å². The minimum Gasteiger partial charge on any atom is -0.383 e. The van der Waals surface area contributed by atoms with Crippen LogP contribution >= 0.6 is 0 Å². The predicted molar refractivity (Wildman–Crippen MR) is 86.7 cm³/mol. The van der Waals surface area contributed by atoms with Crippen LogP contribution in [0, 0.1) is 6.92 Å². The smallest absolute Gasteiger partial charge is 0.383 e. The summed E-state index contributed by atoms with van der Waals surface area (Å²) >= 11 is 0. The number of hydrogen-bond donors (Lipinski definition) is 0. The van der Waals surface area contributed by atoms with Gasteiger partial charge in [0.2, 0.25) is 11.2 Å². The summed E-state index contributed by atoms with van der Waals surface area (Å²) in [4.78, 5) is 25.9. The Kier molecular flexibility index (Phi) is 5.10. The number of hydrogen-bond acceptors (Lipinski definition) is 4. The lowest BCUT2D eigenvalue weighted by Crippen LogP contribution is -2.23. The number of nitrogens with zero attached hydrogens (tertiary/aromatic N) is 3. The molecule has 0 unspecified atom stereocenters. The Labute approximate surface area is 142 Å². The van der Waals surface area contributed by atoms with Crippen LogP contribution in [-0.2, 0) is 6.18 Å². The van der Waals surface area contributed by atoms with Gasteiger partial charge >= 0.3 is 6.18 Å². The van der Waals surface area contributed by atoms with Crippen molar-refractivity contribution in [1.29, 1.82) is 0 Å². The summed E-state index contributed by atoms with van der Waals surface area (Å²) in [5.41, 5.74) is -1.45. The third kappa shape index (κ3) is 4.34. The lowest BCUT2D eigenvalue weighted by Gasteiger charge is -2.11. The highest BCUT2D eigenvalue weighted by atomic mass is 19.4. The van der Waals surface area contributed by atoms with E-state index in [-0.39, 0.29) is 16.9 Å². The van der Waals surface area contributed by atoms with Crippen molar-refractivity contribution in [2.75, 3.05) is 14.1 Å². The van der Waals surface area contributed by atoms with Crippen molar-refractivity contribution in [1.82, 2.24) is 14.7 Å². The number of carbonyl (C=O) groups excluding carboxylic acids is 1. The van der Waals surface area contributed by atoms with Crippen molar-refractivity contribution in [3.63, 3.8) is 0 Å². The molecule has 0 amide bonds. The number of alkyl halides is 3. The standard InChI is InChI=1S/C17H16F3N3O2/c1-11-10-23(13-6-4-5-12(9-13)17(18,19)20)21-15(16(11)25)14(24)7-8-22(2)3/h4-10H,1-3H3/b8-7+. The minimum atomic E-state index is -4.50. The first-order valence-electron chi connectivity index (χ1n) is 7.27. The summed E-state index contributed by atoms with van der Waals surface area (Å²) in [6, 6.07) is 4.49. The van der Waals surface area contributed by atoms with E-state index in [1.807, 2.05) is 0 Å². The van der Waals surface area contributed by atoms with Gasteiger partial charge in [0.05, 0.1) is 11.3 Å². The third-order valence-electron chi connectivity index (χ3n) is 3.29. The molecule has 1 aromatic heterocycles. The molecule has 1 heterocycles. The van der Waals surface area contributed by atoms with Gasteiger partial charge in [-0.2, -0.15) is 18.3 Å². The van der Waals surface area contributed by atoms with Crippen LogP contribution in [0.3, 0.4) is 0 Å². The zero-order valence-corrected chi connectivity index (χ0v) is 13.8. The van der Waals surface area contributed by atoms with Crippen molar-refractivity contribution in [2.45, 2.75) is 13.1 Å². The fraction of sp³-hybridized carbons (Fsp3) is 0.235. The van der Waals surface area contributed by atoms with Crippen LogP contribution in [0.4, 0.5) is 13.2 Å². The van der Waals surface area contributed by atoms with Gasteiger partial charge < -0.3 is 4.90 Å². The molecule has 0 spiro atoms. The van der Waals surface area contributed by atoms with Crippen LogP contribution in [-0.4, -0.2) is 34.6 Å². The van der Waals surface area contributed by atoms with E-state index in [2.05, 4.69) is 5.10 Å². The quantitative estimate of drug-likeness (QED) is 0.628. The van der Waals surface area contributed by atoms with E-state index in [0.29, 0.717) is 0 Å². The summed E-state index contributed by atoms with van der Waals surface area (Å²) in [5, 5.41) is 3.92. The molecule has 0 aliphatic rings. The van der Waals surface area contributed by atoms with Crippen molar-refractivity contribution < 1.29 is 18.0 Å². The first-order valence-corrected chi connectivity index (χ1v) is 7.27. The molecule has 1 aromatic carbocycles. The molecule has 2 aromatic rings. The summed E-state index contributed by atoms with van der Waals surface area (Å²) < 4.78 is 39.7. The molecule has 0 bridgehead atoms. The zero-order valence-electron chi connectivity index (χ0n) is 13.8.